The Bertz CT molecular complexity index is 1300. The van der Waals surface area contributed by atoms with Crippen molar-refractivity contribution in [2.24, 2.45) is 4.99 Å². The third kappa shape index (κ3) is 3.94. The third-order valence-electron chi connectivity index (χ3n) is 5.81. The normalized spacial score (nSPS) is 17.9. The average molecular weight is 473 g/mol. The van der Waals surface area contributed by atoms with Gasteiger partial charge in [-0.3, -0.25) is 9.69 Å². The van der Waals surface area contributed by atoms with Crippen LogP contribution in [0, 0.1) is 0 Å². The molecule has 2 aliphatic heterocycles. The fraction of sp³-hybridized carbons (Fsp3) is 0.231. The number of benzene rings is 2. The lowest BCUT2D eigenvalue weighted by atomic mass is 9.92. The van der Waals surface area contributed by atoms with E-state index in [1.165, 1.54) is 11.8 Å². The van der Waals surface area contributed by atoms with Crippen molar-refractivity contribution in [3.8, 4) is 16.9 Å². The molecule has 5 rings (SSSR count). The number of hydrogen-bond acceptors (Lipinski definition) is 6. The molecule has 1 atom stereocenters. The first-order valence-corrected chi connectivity index (χ1v) is 12.2. The van der Waals surface area contributed by atoms with E-state index in [0.717, 1.165) is 16.8 Å². The number of carbonyl (C=O) groups excluding carboxylic acids is 2. The van der Waals surface area contributed by atoms with E-state index in [1.807, 2.05) is 66.9 Å². The Morgan fingerprint density at radius 1 is 1.12 bits per heavy atom. The van der Waals surface area contributed by atoms with E-state index >= 15 is 0 Å². The number of fused-ring (bicyclic) bond motifs is 1. The van der Waals surface area contributed by atoms with Gasteiger partial charge in [0, 0.05) is 29.5 Å². The molecule has 34 heavy (non-hydrogen) atoms. The molecule has 0 aliphatic carbocycles. The topological polar surface area (TPSA) is 76.8 Å². The first kappa shape index (κ1) is 22.2. The quantitative estimate of drug-likeness (QED) is 0.501. The number of para-hydroxylation sites is 1. The summed E-state index contributed by atoms with van der Waals surface area (Å²) in [6, 6.07) is 18.9. The second-order valence-corrected chi connectivity index (χ2v) is 9.02. The maximum Gasteiger partial charge on any atom is 0.338 e. The number of nitrogens with zero attached hydrogens (tertiary/aromatic N) is 4. The van der Waals surface area contributed by atoms with Crippen molar-refractivity contribution in [2.75, 3.05) is 12.4 Å². The Morgan fingerprint density at radius 2 is 1.82 bits per heavy atom. The lowest BCUT2D eigenvalue weighted by Crippen LogP contribution is -2.45. The number of hydrogen-bond donors (Lipinski definition) is 0. The van der Waals surface area contributed by atoms with Crippen LogP contribution in [-0.4, -0.2) is 44.1 Å². The van der Waals surface area contributed by atoms with Gasteiger partial charge in [-0.05, 0) is 26.0 Å². The van der Waals surface area contributed by atoms with Crippen LogP contribution in [0.25, 0.3) is 16.9 Å². The van der Waals surface area contributed by atoms with Crippen LogP contribution in [0.2, 0.25) is 0 Å². The second kappa shape index (κ2) is 9.30. The van der Waals surface area contributed by atoms with E-state index in [0.29, 0.717) is 34.3 Å². The molecule has 1 fully saturated rings. The molecule has 3 aromatic rings. The summed E-state index contributed by atoms with van der Waals surface area (Å²) in [6.07, 6.45) is 2.28. The van der Waals surface area contributed by atoms with E-state index in [1.54, 1.807) is 23.4 Å². The Hall–Kier alpha value is -3.65. The lowest BCUT2D eigenvalue weighted by molar-refractivity contribution is -0.139. The zero-order valence-corrected chi connectivity index (χ0v) is 19.8. The summed E-state index contributed by atoms with van der Waals surface area (Å²) >= 11 is 1.53. The van der Waals surface area contributed by atoms with E-state index in [2.05, 4.69) is 4.99 Å². The molecule has 7 nitrogen and oxygen atoms in total. The molecule has 0 N–H and O–H groups in total. The van der Waals surface area contributed by atoms with Crippen molar-refractivity contribution in [1.82, 2.24) is 14.7 Å². The SMILES string of the molecule is CCOC(=O)C1=C(C)N=C2SCCC(=O)N2[C@@H]1c1cn(-c2ccccc2)nc1-c1ccccc1. The largest absolute Gasteiger partial charge is 0.463 e. The number of amides is 1. The van der Waals surface area contributed by atoms with Gasteiger partial charge in [-0.15, -0.1) is 0 Å². The molecule has 0 spiro atoms. The van der Waals surface area contributed by atoms with Crippen LogP contribution in [0.4, 0.5) is 0 Å². The van der Waals surface area contributed by atoms with Gasteiger partial charge in [0.25, 0.3) is 0 Å². The molecule has 1 amide bonds. The van der Waals surface area contributed by atoms with Crippen LogP contribution in [0.15, 0.2) is 83.1 Å². The highest BCUT2D eigenvalue weighted by molar-refractivity contribution is 8.14. The van der Waals surface area contributed by atoms with Crippen molar-refractivity contribution in [3.63, 3.8) is 0 Å². The minimum absolute atomic E-state index is 0.0664. The first-order valence-electron chi connectivity index (χ1n) is 11.2. The van der Waals surface area contributed by atoms with Gasteiger partial charge in [-0.1, -0.05) is 60.3 Å². The van der Waals surface area contributed by atoms with E-state index in [-0.39, 0.29) is 12.5 Å². The fourth-order valence-corrected chi connectivity index (χ4v) is 5.29. The molecule has 2 aromatic carbocycles. The van der Waals surface area contributed by atoms with Crippen LogP contribution in [-0.2, 0) is 14.3 Å². The number of aromatic nitrogens is 2. The Morgan fingerprint density at radius 3 is 2.53 bits per heavy atom. The van der Waals surface area contributed by atoms with Gasteiger partial charge in [0.15, 0.2) is 5.17 Å². The molecular weight excluding hydrogens is 448 g/mol. The average Bonchev–Trinajstić information content (AvgIpc) is 3.30. The van der Waals surface area contributed by atoms with Crippen LogP contribution < -0.4 is 0 Å². The first-order chi connectivity index (χ1) is 16.6. The van der Waals surface area contributed by atoms with Gasteiger partial charge in [-0.2, -0.15) is 5.10 Å². The summed E-state index contributed by atoms with van der Waals surface area (Å²) in [7, 11) is 0. The number of aliphatic imine (C=N–C) groups is 1. The predicted molar refractivity (Wildman–Crippen MR) is 132 cm³/mol. The maximum atomic E-state index is 13.2. The summed E-state index contributed by atoms with van der Waals surface area (Å²) in [5.41, 5.74) is 4.16. The second-order valence-electron chi connectivity index (χ2n) is 7.96. The van der Waals surface area contributed by atoms with Crippen molar-refractivity contribution < 1.29 is 14.3 Å². The van der Waals surface area contributed by atoms with Gasteiger partial charge < -0.3 is 4.74 Å². The Labute approximate surface area is 202 Å². The third-order valence-corrected chi connectivity index (χ3v) is 6.76. The molecular formula is C26H24N4O3S. The number of ether oxygens (including phenoxy) is 1. The Balaban J connectivity index is 1.75. The summed E-state index contributed by atoms with van der Waals surface area (Å²) in [4.78, 5) is 32.6. The minimum atomic E-state index is -0.681. The van der Waals surface area contributed by atoms with Crippen LogP contribution in [0.3, 0.4) is 0 Å². The van der Waals surface area contributed by atoms with Crippen molar-refractivity contribution >= 4 is 28.8 Å². The standard InChI is InChI=1S/C26H24N4O3S/c1-3-33-25(32)22-17(2)27-26-30(21(31)14-15-34-26)24(22)20-16-29(19-12-8-5-9-13-19)28-23(20)18-10-6-4-7-11-18/h4-13,16,24H,3,14-15H2,1-2H3/t24-/m1/s1. The highest BCUT2D eigenvalue weighted by Gasteiger charge is 2.43. The molecule has 0 bridgehead atoms. The molecule has 2 aliphatic rings. The lowest BCUT2D eigenvalue weighted by Gasteiger charge is -2.38. The summed E-state index contributed by atoms with van der Waals surface area (Å²) in [5.74, 6) is 0.128. The molecule has 0 radical (unpaired) electrons. The van der Waals surface area contributed by atoms with Gasteiger partial charge in [0.05, 0.1) is 29.3 Å². The molecule has 0 unspecified atom stereocenters. The van der Waals surface area contributed by atoms with Crippen LogP contribution >= 0.6 is 11.8 Å². The molecule has 8 heteroatoms. The van der Waals surface area contributed by atoms with Crippen molar-refractivity contribution in [2.45, 2.75) is 26.3 Å². The van der Waals surface area contributed by atoms with Gasteiger partial charge in [0.1, 0.15) is 6.04 Å². The monoisotopic (exact) mass is 472 g/mol. The maximum absolute atomic E-state index is 13.2. The fourth-order valence-electron chi connectivity index (χ4n) is 4.28. The summed E-state index contributed by atoms with van der Waals surface area (Å²) in [6.45, 7) is 3.80. The molecule has 172 valence electrons. The molecule has 1 saturated heterocycles. The number of carbonyl (C=O) groups is 2. The molecule has 1 aromatic heterocycles. The smallest absolute Gasteiger partial charge is 0.338 e. The number of amidine groups is 1. The van der Waals surface area contributed by atoms with Crippen LogP contribution in [0.5, 0.6) is 0 Å². The van der Waals surface area contributed by atoms with Crippen molar-refractivity contribution in [3.05, 3.63) is 83.7 Å². The van der Waals surface area contributed by atoms with E-state index in [4.69, 9.17) is 9.84 Å². The van der Waals surface area contributed by atoms with Gasteiger partial charge >= 0.3 is 5.97 Å². The van der Waals surface area contributed by atoms with E-state index in [9.17, 15) is 9.59 Å². The number of esters is 1. The highest BCUT2D eigenvalue weighted by Crippen LogP contribution is 2.43. The zero-order valence-electron chi connectivity index (χ0n) is 19.0. The number of rotatable bonds is 5. The summed E-state index contributed by atoms with van der Waals surface area (Å²) in [5, 5.41) is 5.52. The minimum Gasteiger partial charge on any atom is -0.463 e. The molecule has 0 saturated carbocycles. The number of allylic oxidation sites excluding steroid dienone is 1. The van der Waals surface area contributed by atoms with Crippen molar-refractivity contribution in [1.29, 1.82) is 0 Å². The predicted octanol–water partition coefficient (Wildman–Crippen LogP) is 4.75. The van der Waals surface area contributed by atoms with Gasteiger partial charge in [0.2, 0.25) is 5.91 Å². The summed E-state index contributed by atoms with van der Waals surface area (Å²) < 4.78 is 7.21. The zero-order chi connectivity index (χ0) is 23.7. The molecule has 3 heterocycles. The Kier molecular flexibility index (Phi) is 6.06. The van der Waals surface area contributed by atoms with Gasteiger partial charge in [-0.25, -0.2) is 14.5 Å². The van der Waals surface area contributed by atoms with E-state index < -0.39 is 12.0 Å². The van der Waals surface area contributed by atoms with Crippen LogP contribution in [0.1, 0.15) is 31.9 Å². The number of thioether (sulfide) groups is 1. The highest BCUT2D eigenvalue weighted by atomic mass is 32.2.